The van der Waals surface area contributed by atoms with Crippen molar-refractivity contribution in [3.8, 4) is 0 Å². The van der Waals surface area contributed by atoms with E-state index in [0.29, 0.717) is 5.56 Å². The molecule has 1 aliphatic carbocycles. The highest BCUT2D eigenvalue weighted by Crippen LogP contribution is 2.19. The van der Waals surface area contributed by atoms with Gasteiger partial charge in [0.05, 0.1) is 4.90 Å². The van der Waals surface area contributed by atoms with Gasteiger partial charge in [-0.25, -0.2) is 13.1 Å². The second-order valence-corrected chi connectivity index (χ2v) is 8.52. The van der Waals surface area contributed by atoms with Crippen LogP contribution in [-0.4, -0.2) is 25.9 Å². The van der Waals surface area contributed by atoms with Gasteiger partial charge in [0.25, 0.3) is 5.91 Å². The molecule has 6 heteroatoms. The predicted octanol–water partition coefficient (Wildman–Crippen LogP) is 2.44. The highest BCUT2D eigenvalue weighted by Gasteiger charge is 2.22. The maximum Gasteiger partial charge on any atom is 0.251 e. The molecule has 1 aromatic carbocycles. The number of carbonyl (C=O) groups is 1. The molecule has 0 aliphatic heterocycles. The van der Waals surface area contributed by atoms with E-state index >= 15 is 0 Å². The van der Waals surface area contributed by atoms with Crippen molar-refractivity contribution >= 4 is 15.9 Å². The highest BCUT2D eigenvalue weighted by molar-refractivity contribution is 7.89. The first-order chi connectivity index (χ1) is 10.2. The minimum absolute atomic E-state index is 0.139. The van der Waals surface area contributed by atoms with Crippen LogP contribution in [-0.2, 0) is 10.0 Å². The van der Waals surface area contributed by atoms with Crippen molar-refractivity contribution in [2.45, 2.75) is 62.9 Å². The molecule has 2 rings (SSSR count). The standard InChI is InChI=1S/C16H24N2O3S/c1-16(2,3)18-22(20,21)14-10-8-12(9-11-14)15(19)17-13-6-4-5-7-13/h8-11,13,18H,4-7H2,1-3H3,(H,17,19). The number of benzene rings is 1. The van der Waals surface area contributed by atoms with Gasteiger partial charge in [-0.05, 0) is 57.9 Å². The molecule has 0 bridgehead atoms. The fourth-order valence-corrected chi connectivity index (χ4v) is 4.00. The molecule has 0 saturated heterocycles. The van der Waals surface area contributed by atoms with Gasteiger partial charge >= 0.3 is 0 Å². The highest BCUT2D eigenvalue weighted by atomic mass is 32.2. The summed E-state index contributed by atoms with van der Waals surface area (Å²) < 4.78 is 27.0. The van der Waals surface area contributed by atoms with E-state index in [9.17, 15) is 13.2 Å². The first-order valence-corrected chi connectivity index (χ1v) is 9.11. The topological polar surface area (TPSA) is 75.3 Å². The van der Waals surface area contributed by atoms with E-state index < -0.39 is 15.6 Å². The van der Waals surface area contributed by atoms with Crippen LogP contribution in [0.4, 0.5) is 0 Å². The van der Waals surface area contributed by atoms with E-state index in [-0.39, 0.29) is 16.8 Å². The lowest BCUT2D eigenvalue weighted by molar-refractivity contribution is 0.0937. The molecule has 1 saturated carbocycles. The molecule has 0 unspecified atom stereocenters. The molecule has 22 heavy (non-hydrogen) atoms. The molecule has 1 fully saturated rings. The van der Waals surface area contributed by atoms with Gasteiger partial charge in [-0.3, -0.25) is 4.79 Å². The molecule has 122 valence electrons. The lowest BCUT2D eigenvalue weighted by Crippen LogP contribution is -2.40. The van der Waals surface area contributed by atoms with Gasteiger partial charge in [0.15, 0.2) is 0 Å². The van der Waals surface area contributed by atoms with Gasteiger partial charge in [0.2, 0.25) is 10.0 Å². The molecule has 0 radical (unpaired) electrons. The third-order valence-electron chi connectivity index (χ3n) is 3.56. The number of nitrogens with one attached hydrogen (secondary N) is 2. The largest absolute Gasteiger partial charge is 0.349 e. The van der Waals surface area contributed by atoms with E-state index in [1.54, 1.807) is 32.9 Å². The van der Waals surface area contributed by atoms with E-state index in [4.69, 9.17) is 0 Å². The first kappa shape index (κ1) is 17.0. The summed E-state index contributed by atoms with van der Waals surface area (Å²) in [5, 5.41) is 2.99. The zero-order chi connectivity index (χ0) is 16.4. The summed E-state index contributed by atoms with van der Waals surface area (Å²) in [6, 6.07) is 6.30. The molecule has 0 aromatic heterocycles. The predicted molar refractivity (Wildman–Crippen MR) is 86.2 cm³/mol. The SMILES string of the molecule is CC(C)(C)NS(=O)(=O)c1ccc(C(=O)NC2CCCC2)cc1. The molecule has 0 spiro atoms. The second-order valence-electron chi connectivity index (χ2n) is 6.83. The first-order valence-electron chi connectivity index (χ1n) is 7.62. The summed E-state index contributed by atoms with van der Waals surface area (Å²) >= 11 is 0. The molecule has 0 atom stereocenters. The molecular weight excluding hydrogens is 300 g/mol. The minimum atomic E-state index is -3.56. The van der Waals surface area contributed by atoms with Crippen molar-refractivity contribution in [2.75, 3.05) is 0 Å². The Morgan fingerprint density at radius 1 is 1.09 bits per heavy atom. The summed E-state index contributed by atoms with van der Waals surface area (Å²) in [5.41, 5.74) is -0.0567. The van der Waals surface area contributed by atoms with Crippen LogP contribution in [0, 0.1) is 0 Å². The van der Waals surface area contributed by atoms with Crippen molar-refractivity contribution < 1.29 is 13.2 Å². The number of carbonyl (C=O) groups excluding carboxylic acids is 1. The number of amides is 1. The summed E-state index contributed by atoms with van der Waals surface area (Å²) in [7, 11) is -3.56. The van der Waals surface area contributed by atoms with Crippen LogP contribution in [0.5, 0.6) is 0 Å². The molecule has 1 amide bonds. The fourth-order valence-electron chi connectivity index (χ4n) is 2.59. The van der Waals surface area contributed by atoms with E-state index in [0.717, 1.165) is 25.7 Å². The maximum absolute atomic E-state index is 12.2. The molecule has 0 heterocycles. The Labute approximate surface area is 132 Å². The molecule has 1 aliphatic rings. The summed E-state index contributed by atoms with van der Waals surface area (Å²) in [5.74, 6) is -0.139. The average molecular weight is 324 g/mol. The number of hydrogen-bond acceptors (Lipinski definition) is 3. The zero-order valence-electron chi connectivity index (χ0n) is 13.3. The number of rotatable bonds is 4. The quantitative estimate of drug-likeness (QED) is 0.893. The number of hydrogen-bond donors (Lipinski definition) is 2. The van der Waals surface area contributed by atoms with Gasteiger partial charge in [-0.1, -0.05) is 12.8 Å². The summed E-state index contributed by atoms with van der Waals surface area (Å²) in [4.78, 5) is 12.3. The van der Waals surface area contributed by atoms with Crippen molar-refractivity contribution in [2.24, 2.45) is 0 Å². The van der Waals surface area contributed by atoms with Gasteiger partial charge in [-0.15, -0.1) is 0 Å². The zero-order valence-corrected chi connectivity index (χ0v) is 14.2. The minimum Gasteiger partial charge on any atom is -0.349 e. The maximum atomic E-state index is 12.2. The molecule has 2 N–H and O–H groups in total. The number of sulfonamides is 1. The van der Waals surface area contributed by atoms with Gasteiger partial charge in [-0.2, -0.15) is 0 Å². The Balaban J connectivity index is 2.08. The molecule has 1 aromatic rings. The van der Waals surface area contributed by atoms with Crippen LogP contribution in [0.25, 0.3) is 0 Å². The van der Waals surface area contributed by atoms with E-state index in [1.165, 1.54) is 12.1 Å². The Morgan fingerprint density at radius 3 is 2.14 bits per heavy atom. The smallest absolute Gasteiger partial charge is 0.251 e. The summed E-state index contributed by atoms with van der Waals surface area (Å²) in [6.07, 6.45) is 4.35. The van der Waals surface area contributed by atoms with Crippen LogP contribution in [0.3, 0.4) is 0 Å². The monoisotopic (exact) mass is 324 g/mol. The normalized spacial score (nSPS) is 16.7. The van der Waals surface area contributed by atoms with Crippen molar-refractivity contribution in [3.05, 3.63) is 29.8 Å². The average Bonchev–Trinajstić information content (AvgIpc) is 2.89. The van der Waals surface area contributed by atoms with Crippen LogP contribution < -0.4 is 10.0 Å². The lowest BCUT2D eigenvalue weighted by Gasteiger charge is -2.20. The fraction of sp³-hybridized carbons (Fsp3) is 0.562. The van der Waals surface area contributed by atoms with Gasteiger partial charge in [0.1, 0.15) is 0 Å². The third kappa shape index (κ3) is 4.55. The van der Waals surface area contributed by atoms with Crippen molar-refractivity contribution in [1.82, 2.24) is 10.0 Å². The van der Waals surface area contributed by atoms with Crippen LogP contribution in [0.15, 0.2) is 29.2 Å². The van der Waals surface area contributed by atoms with E-state index in [2.05, 4.69) is 10.0 Å². The Morgan fingerprint density at radius 2 is 1.64 bits per heavy atom. The van der Waals surface area contributed by atoms with Gasteiger partial charge < -0.3 is 5.32 Å². The Hall–Kier alpha value is -1.40. The Kier molecular flexibility index (Phi) is 4.92. The second kappa shape index (κ2) is 6.38. The van der Waals surface area contributed by atoms with Crippen LogP contribution in [0.1, 0.15) is 56.8 Å². The van der Waals surface area contributed by atoms with Crippen LogP contribution in [0.2, 0.25) is 0 Å². The lowest BCUT2D eigenvalue weighted by atomic mass is 10.1. The van der Waals surface area contributed by atoms with Crippen molar-refractivity contribution in [1.29, 1.82) is 0 Å². The third-order valence-corrected chi connectivity index (χ3v) is 5.33. The van der Waals surface area contributed by atoms with E-state index in [1.807, 2.05) is 0 Å². The van der Waals surface area contributed by atoms with Crippen LogP contribution >= 0.6 is 0 Å². The molecular formula is C16H24N2O3S. The summed E-state index contributed by atoms with van der Waals surface area (Å²) in [6.45, 7) is 5.36. The van der Waals surface area contributed by atoms with Gasteiger partial charge in [0, 0.05) is 17.1 Å². The molecule has 5 nitrogen and oxygen atoms in total. The Bertz CT molecular complexity index is 624. The van der Waals surface area contributed by atoms with Crippen molar-refractivity contribution in [3.63, 3.8) is 0 Å².